The number of carbonyl (C=O) groups is 1. The average molecular weight is 426 g/mol. The van der Waals surface area contributed by atoms with Crippen LogP contribution in [-0.4, -0.2) is 52.5 Å². The highest BCUT2D eigenvalue weighted by molar-refractivity contribution is 7.92. The van der Waals surface area contributed by atoms with Gasteiger partial charge in [0.2, 0.25) is 0 Å². The number of anilines is 1. The Balaban J connectivity index is 0.00000280. The number of rotatable bonds is 5. The second-order valence-corrected chi connectivity index (χ2v) is 7.90. The number of hydrogen-bond donors (Lipinski definition) is 2. The molecule has 0 saturated carbocycles. The molecule has 2 N–H and O–H groups in total. The van der Waals surface area contributed by atoms with E-state index in [0.717, 1.165) is 19.5 Å². The highest BCUT2D eigenvalue weighted by Crippen LogP contribution is 2.23. The third-order valence-corrected chi connectivity index (χ3v) is 5.78. The molecule has 0 atom stereocenters. The lowest BCUT2D eigenvalue weighted by Crippen LogP contribution is -2.34. The lowest BCUT2D eigenvalue weighted by atomic mass is 10.1. The smallest absolute Gasteiger partial charge is 0.261 e. The minimum atomic E-state index is -3.82. The van der Waals surface area contributed by atoms with Gasteiger partial charge in [-0.2, -0.15) is 0 Å². The monoisotopic (exact) mass is 425 g/mol. The Kier molecular flexibility index (Phi) is 7.68. The Morgan fingerprint density at radius 1 is 1.07 bits per heavy atom. The number of sulfonamides is 1. The van der Waals surface area contributed by atoms with Gasteiger partial charge in [0.15, 0.2) is 0 Å². The summed E-state index contributed by atoms with van der Waals surface area (Å²) >= 11 is 0. The molecule has 9 heteroatoms. The summed E-state index contributed by atoms with van der Waals surface area (Å²) in [7, 11) is -2.31. The maximum Gasteiger partial charge on any atom is 0.261 e. The topological polar surface area (TPSA) is 87.7 Å². The zero-order chi connectivity index (χ0) is 19.3. The van der Waals surface area contributed by atoms with Crippen molar-refractivity contribution >= 4 is 34.0 Å². The molecule has 2 aromatic carbocycles. The fourth-order valence-electron chi connectivity index (χ4n) is 2.94. The van der Waals surface area contributed by atoms with E-state index in [4.69, 9.17) is 4.74 Å². The summed E-state index contributed by atoms with van der Waals surface area (Å²) in [5.74, 6) is 0.394. The maximum atomic E-state index is 12.9. The average Bonchev–Trinajstić information content (AvgIpc) is 2.97. The van der Waals surface area contributed by atoms with E-state index < -0.39 is 10.0 Å². The van der Waals surface area contributed by atoms with Crippen molar-refractivity contribution in [2.24, 2.45) is 0 Å². The second-order valence-electron chi connectivity index (χ2n) is 6.22. The lowest BCUT2D eigenvalue weighted by molar-refractivity contribution is 0.0767. The molecule has 0 radical (unpaired) electrons. The van der Waals surface area contributed by atoms with Gasteiger partial charge in [0, 0.05) is 19.6 Å². The number of methoxy groups -OCH3 is 1. The first-order valence-electron chi connectivity index (χ1n) is 8.77. The van der Waals surface area contributed by atoms with Gasteiger partial charge in [-0.05, 0) is 49.4 Å². The molecule has 28 heavy (non-hydrogen) atoms. The molecule has 1 saturated heterocycles. The van der Waals surface area contributed by atoms with E-state index in [-0.39, 0.29) is 28.9 Å². The number of amides is 1. The summed E-state index contributed by atoms with van der Waals surface area (Å²) < 4.78 is 33.0. The van der Waals surface area contributed by atoms with Crippen molar-refractivity contribution in [2.75, 3.05) is 38.0 Å². The standard InChI is InChI=1S/C19H23N3O4S.ClH/c1-26-15-7-9-16(10-8-15)27(24,25)21-18-6-3-2-5-17(18)19(23)22-13-4-11-20-12-14-22;/h2-3,5-10,20-21H,4,11-14H2,1H3;1H. The fourth-order valence-corrected chi connectivity index (χ4v) is 4.02. The van der Waals surface area contributed by atoms with Gasteiger partial charge in [-0.1, -0.05) is 12.1 Å². The van der Waals surface area contributed by atoms with Crippen LogP contribution in [0.2, 0.25) is 0 Å². The molecular formula is C19H24ClN3O4S. The summed E-state index contributed by atoms with van der Waals surface area (Å²) in [6.07, 6.45) is 0.867. The Morgan fingerprint density at radius 3 is 2.50 bits per heavy atom. The molecule has 1 aliphatic rings. The van der Waals surface area contributed by atoms with Crippen LogP contribution in [0.5, 0.6) is 5.75 Å². The van der Waals surface area contributed by atoms with Crippen molar-refractivity contribution in [1.82, 2.24) is 10.2 Å². The van der Waals surface area contributed by atoms with Crippen LogP contribution in [0.4, 0.5) is 5.69 Å². The predicted molar refractivity (Wildman–Crippen MR) is 111 cm³/mol. The molecule has 0 unspecified atom stereocenters. The normalized spacial score (nSPS) is 14.5. The van der Waals surface area contributed by atoms with E-state index in [1.807, 2.05) is 0 Å². The van der Waals surface area contributed by atoms with E-state index in [0.29, 0.717) is 24.4 Å². The molecule has 1 heterocycles. The van der Waals surface area contributed by atoms with E-state index in [2.05, 4.69) is 10.0 Å². The van der Waals surface area contributed by atoms with Crippen LogP contribution < -0.4 is 14.8 Å². The second kappa shape index (κ2) is 9.77. The van der Waals surface area contributed by atoms with Crippen molar-refractivity contribution in [1.29, 1.82) is 0 Å². The van der Waals surface area contributed by atoms with Gasteiger partial charge in [-0.25, -0.2) is 8.42 Å². The minimum Gasteiger partial charge on any atom is -0.497 e. The van der Waals surface area contributed by atoms with Gasteiger partial charge in [0.05, 0.1) is 23.3 Å². The molecule has 0 bridgehead atoms. The van der Waals surface area contributed by atoms with Crippen molar-refractivity contribution in [3.05, 3.63) is 54.1 Å². The predicted octanol–water partition coefficient (Wildman–Crippen LogP) is 2.35. The molecule has 7 nitrogen and oxygen atoms in total. The third kappa shape index (κ3) is 5.15. The zero-order valence-electron chi connectivity index (χ0n) is 15.6. The van der Waals surface area contributed by atoms with E-state index in [1.165, 1.54) is 19.2 Å². The number of carbonyl (C=O) groups excluding carboxylic acids is 1. The number of halogens is 1. The van der Waals surface area contributed by atoms with Crippen LogP contribution in [0.15, 0.2) is 53.4 Å². The first-order valence-corrected chi connectivity index (χ1v) is 10.3. The largest absolute Gasteiger partial charge is 0.497 e. The quantitative estimate of drug-likeness (QED) is 0.767. The Labute approximate surface area is 171 Å². The molecule has 0 aromatic heterocycles. The number of hydrogen-bond acceptors (Lipinski definition) is 5. The molecule has 1 amide bonds. The minimum absolute atomic E-state index is 0. The van der Waals surface area contributed by atoms with Crippen LogP contribution in [0.25, 0.3) is 0 Å². The molecule has 0 aliphatic carbocycles. The molecule has 0 spiro atoms. The van der Waals surface area contributed by atoms with Crippen LogP contribution >= 0.6 is 12.4 Å². The van der Waals surface area contributed by atoms with Crippen LogP contribution in [-0.2, 0) is 10.0 Å². The van der Waals surface area contributed by atoms with E-state index in [9.17, 15) is 13.2 Å². The van der Waals surface area contributed by atoms with Gasteiger partial charge in [-0.15, -0.1) is 12.4 Å². The van der Waals surface area contributed by atoms with Crippen LogP contribution in [0.3, 0.4) is 0 Å². The zero-order valence-corrected chi connectivity index (χ0v) is 17.2. The summed E-state index contributed by atoms with van der Waals surface area (Å²) in [6, 6.07) is 12.8. The first kappa shape index (κ1) is 22.0. The number of para-hydroxylation sites is 1. The Morgan fingerprint density at radius 2 is 1.79 bits per heavy atom. The van der Waals surface area contributed by atoms with Crippen molar-refractivity contribution < 1.29 is 17.9 Å². The molecule has 1 fully saturated rings. The highest BCUT2D eigenvalue weighted by Gasteiger charge is 2.22. The number of benzene rings is 2. The molecule has 1 aliphatic heterocycles. The van der Waals surface area contributed by atoms with Gasteiger partial charge in [-0.3, -0.25) is 9.52 Å². The highest BCUT2D eigenvalue weighted by atomic mass is 35.5. The molecule has 3 rings (SSSR count). The summed E-state index contributed by atoms with van der Waals surface area (Å²) in [4.78, 5) is 14.8. The number of nitrogens with zero attached hydrogens (tertiary/aromatic N) is 1. The van der Waals surface area contributed by atoms with Gasteiger partial charge in [0.25, 0.3) is 15.9 Å². The maximum absolute atomic E-state index is 12.9. The SMILES string of the molecule is COc1ccc(S(=O)(=O)Nc2ccccc2C(=O)N2CCCNCC2)cc1.Cl. The number of nitrogens with one attached hydrogen (secondary N) is 2. The molecule has 152 valence electrons. The van der Waals surface area contributed by atoms with E-state index in [1.54, 1.807) is 41.3 Å². The van der Waals surface area contributed by atoms with Crippen LogP contribution in [0, 0.1) is 0 Å². The molecular weight excluding hydrogens is 402 g/mol. The number of ether oxygens (including phenoxy) is 1. The third-order valence-electron chi connectivity index (χ3n) is 4.40. The molecule has 2 aromatic rings. The van der Waals surface area contributed by atoms with Gasteiger partial charge >= 0.3 is 0 Å². The van der Waals surface area contributed by atoms with Crippen LogP contribution in [0.1, 0.15) is 16.8 Å². The van der Waals surface area contributed by atoms with E-state index >= 15 is 0 Å². The van der Waals surface area contributed by atoms with Crippen molar-refractivity contribution in [3.63, 3.8) is 0 Å². The Bertz CT molecular complexity index is 896. The van der Waals surface area contributed by atoms with Crippen molar-refractivity contribution in [2.45, 2.75) is 11.3 Å². The summed E-state index contributed by atoms with van der Waals surface area (Å²) in [5.41, 5.74) is 0.618. The Hall–Kier alpha value is -2.29. The lowest BCUT2D eigenvalue weighted by Gasteiger charge is -2.21. The van der Waals surface area contributed by atoms with Gasteiger partial charge < -0.3 is 15.0 Å². The summed E-state index contributed by atoms with van der Waals surface area (Å²) in [5, 5.41) is 3.25. The first-order chi connectivity index (χ1) is 13.0. The fraction of sp³-hybridized carbons (Fsp3) is 0.316. The van der Waals surface area contributed by atoms with Gasteiger partial charge in [0.1, 0.15) is 5.75 Å². The summed E-state index contributed by atoms with van der Waals surface area (Å²) in [6.45, 7) is 2.84. The van der Waals surface area contributed by atoms with Crippen molar-refractivity contribution in [3.8, 4) is 5.75 Å².